The Morgan fingerprint density at radius 1 is 1.08 bits per heavy atom. The first-order valence-corrected chi connectivity index (χ1v) is 8.10. The van der Waals surface area contributed by atoms with Crippen LogP contribution >= 0.6 is 0 Å². The minimum absolute atomic E-state index is 0.00108. The van der Waals surface area contributed by atoms with Crippen molar-refractivity contribution in [3.8, 4) is 0 Å². The fourth-order valence-corrected chi connectivity index (χ4v) is 2.67. The lowest BCUT2D eigenvalue weighted by Crippen LogP contribution is -2.36. The summed E-state index contributed by atoms with van der Waals surface area (Å²) in [6.07, 6.45) is 1.56. The number of aromatic nitrogens is 1. The highest BCUT2D eigenvalue weighted by molar-refractivity contribution is 6.44. The van der Waals surface area contributed by atoms with Crippen LogP contribution < -0.4 is 0 Å². The third-order valence-electron chi connectivity index (χ3n) is 3.88. The standard InChI is InChI=1S/C18H22N2O4/c1-4-19(5-2)18(23)17(22)14-11-20(12-16(21)24-6-3)15-10-8-7-9-13(14)15/h7-11H,4-6,12H2,1-3H3. The lowest BCUT2D eigenvalue weighted by atomic mass is 10.1. The number of hydrogen-bond donors (Lipinski definition) is 0. The van der Waals surface area contributed by atoms with E-state index in [1.807, 2.05) is 26.0 Å². The molecule has 0 radical (unpaired) electrons. The molecule has 1 heterocycles. The zero-order valence-electron chi connectivity index (χ0n) is 14.2. The molecule has 0 saturated heterocycles. The summed E-state index contributed by atoms with van der Waals surface area (Å²) in [5, 5.41) is 0.660. The molecule has 0 bridgehead atoms. The van der Waals surface area contributed by atoms with Gasteiger partial charge in [-0.25, -0.2) is 0 Å². The first-order chi connectivity index (χ1) is 11.5. The molecule has 1 aromatic heterocycles. The summed E-state index contributed by atoms with van der Waals surface area (Å²) in [5.74, 6) is -1.47. The number of rotatable bonds is 7. The normalized spacial score (nSPS) is 10.6. The summed E-state index contributed by atoms with van der Waals surface area (Å²) in [5.41, 5.74) is 1.04. The number of likely N-dealkylation sites (N-methyl/N-ethyl adjacent to an activating group) is 1. The van der Waals surface area contributed by atoms with Crippen LogP contribution in [0.25, 0.3) is 10.9 Å². The van der Waals surface area contributed by atoms with Gasteiger partial charge in [-0.1, -0.05) is 18.2 Å². The van der Waals surface area contributed by atoms with Crippen molar-refractivity contribution >= 4 is 28.6 Å². The minimum atomic E-state index is -0.558. The van der Waals surface area contributed by atoms with Crippen LogP contribution in [0.4, 0.5) is 0 Å². The molecule has 0 aliphatic rings. The average Bonchev–Trinajstić information content (AvgIpc) is 2.94. The predicted molar refractivity (Wildman–Crippen MR) is 90.8 cm³/mol. The van der Waals surface area contributed by atoms with Gasteiger partial charge < -0.3 is 14.2 Å². The molecule has 6 heteroatoms. The van der Waals surface area contributed by atoms with Crippen molar-refractivity contribution in [1.82, 2.24) is 9.47 Å². The molecule has 1 amide bonds. The van der Waals surface area contributed by atoms with Gasteiger partial charge in [0.15, 0.2) is 0 Å². The van der Waals surface area contributed by atoms with Crippen LogP contribution in [0, 0.1) is 0 Å². The second kappa shape index (κ2) is 7.77. The molecular weight excluding hydrogens is 308 g/mol. The molecule has 2 aromatic rings. The van der Waals surface area contributed by atoms with E-state index in [0.717, 1.165) is 5.52 Å². The Labute approximate surface area is 141 Å². The summed E-state index contributed by atoms with van der Waals surface area (Å²) in [4.78, 5) is 38.2. The van der Waals surface area contributed by atoms with E-state index in [-0.39, 0.29) is 12.5 Å². The van der Waals surface area contributed by atoms with E-state index in [4.69, 9.17) is 4.74 Å². The molecule has 24 heavy (non-hydrogen) atoms. The number of hydrogen-bond acceptors (Lipinski definition) is 4. The molecule has 0 atom stereocenters. The van der Waals surface area contributed by atoms with E-state index in [1.165, 1.54) is 4.90 Å². The second-order valence-corrected chi connectivity index (χ2v) is 5.30. The number of Topliss-reactive ketones (excluding diaryl/α,β-unsaturated/α-hetero) is 1. The van der Waals surface area contributed by atoms with Crippen molar-refractivity contribution in [2.24, 2.45) is 0 Å². The summed E-state index contributed by atoms with van der Waals surface area (Å²) >= 11 is 0. The largest absolute Gasteiger partial charge is 0.465 e. The van der Waals surface area contributed by atoms with Crippen LogP contribution in [0.3, 0.4) is 0 Å². The van der Waals surface area contributed by atoms with Gasteiger partial charge in [-0.05, 0) is 26.8 Å². The summed E-state index contributed by atoms with van der Waals surface area (Å²) in [7, 11) is 0. The molecule has 0 aliphatic carbocycles. The van der Waals surface area contributed by atoms with Gasteiger partial charge in [-0.2, -0.15) is 0 Å². The molecular formula is C18H22N2O4. The molecule has 128 valence electrons. The highest BCUT2D eigenvalue weighted by atomic mass is 16.5. The minimum Gasteiger partial charge on any atom is -0.465 e. The van der Waals surface area contributed by atoms with E-state index < -0.39 is 11.7 Å². The summed E-state index contributed by atoms with van der Waals surface area (Å²) in [6.45, 7) is 6.65. The third-order valence-corrected chi connectivity index (χ3v) is 3.88. The molecule has 0 spiro atoms. The van der Waals surface area contributed by atoms with Crippen LogP contribution in [0.2, 0.25) is 0 Å². The van der Waals surface area contributed by atoms with Crippen LogP contribution in [0.1, 0.15) is 31.1 Å². The van der Waals surface area contributed by atoms with E-state index in [1.54, 1.807) is 29.8 Å². The fraction of sp³-hybridized carbons (Fsp3) is 0.389. The zero-order valence-corrected chi connectivity index (χ0v) is 14.2. The van der Waals surface area contributed by atoms with Gasteiger partial charge >= 0.3 is 5.97 Å². The van der Waals surface area contributed by atoms with Gasteiger partial charge in [-0.3, -0.25) is 14.4 Å². The zero-order chi connectivity index (χ0) is 17.7. The molecule has 0 aliphatic heterocycles. The van der Waals surface area contributed by atoms with E-state index in [9.17, 15) is 14.4 Å². The molecule has 2 rings (SSSR count). The highest BCUT2D eigenvalue weighted by Gasteiger charge is 2.25. The Bertz CT molecular complexity index is 759. The maximum absolute atomic E-state index is 12.6. The van der Waals surface area contributed by atoms with Gasteiger partial charge in [0.2, 0.25) is 0 Å². The van der Waals surface area contributed by atoms with Crippen molar-refractivity contribution in [3.05, 3.63) is 36.0 Å². The number of ether oxygens (including phenoxy) is 1. The van der Waals surface area contributed by atoms with E-state index in [2.05, 4.69) is 0 Å². The Morgan fingerprint density at radius 2 is 1.75 bits per heavy atom. The molecule has 0 saturated carbocycles. The fourth-order valence-electron chi connectivity index (χ4n) is 2.67. The molecule has 1 aromatic carbocycles. The molecule has 0 N–H and O–H groups in total. The quantitative estimate of drug-likeness (QED) is 0.444. The number of para-hydroxylation sites is 1. The number of ketones is 1. The Balaban J connectivity index is 2.42. The van der Waals surface area contributed by atoms with Gasteiger partial charge in [0.05, 0.1) is 12.2 Å². The van der Waals surface area contributed by atoms with Gasteiger partial charge in [0.1, 0.15) is 6.54 Å². The predicted octanol–water partition coefficient (Wildman–Crippen LogP) is 2.26. The number of fused-ring (bicyclic) bond motifs is 1. The SMILES string of the molecule is CCOC(=O)Cn1cc(C(=O)C(=O)N(CC)CC)c2ccccc21. The van der Waals surface area contributed by atoms with Crippen LogP contribution in [0.15, 0.2) is 30.5 Å². The highest BCUT2D eigenvalue weighted by Crippen LogP contribution is 2.22. The van der Waals surface area contributed by atoms with Crippen molar-refractivity contribution in [2.45, 2.75) is 27.3 Å². The molecule has 6 nitrogen and oxygen atoms in total. The van der Waals surface area contributed by atoms with Crippen LogP contribution in [-0.4, -0.2) is 46.8 Å². The van der Waals surface area contributed by atoms with E-state index >= 15 is 0 Å². The summed E-state index contributed by atoms with van der Waals surface area (Å²) in [6, 6.07) is 7.22. The molecule has 0 fully saturated rings. The summed E-state index contributed by atoms with van der Waals surface area (Å²) < 4.78 is 6.61. The number of amides is 1. The first kappa shape index (κ1) is 17.7. The van der Waals surface area contributed by atoms with Crippen molar-refractivity contribution in [2.75, 3.05) is 19.7 Å². The Kier molecular flexibility index (Phi) is 5.73. The second-order valence-electron chi connectivity index (χ2n) is 5.30. The maximum atomic E-state index is 12.6. The monoisotopic (exact) mass is 330 g/mol. The maximum Gasteiger partial charge on any atom is 0.325 e. The van der Waals surface area contributed by atoms with Crippen molar-refractivity contribution in [1.29, 1.82) is 0 Å². The van der Waals surface area contributed by atoms with Gasteiger partial charge in [0.25, 0.3) is 11.7 Å². The number of nitrogens with zero attached hydrogens (tertiary/aromatic N) is 2. The lowest BCUT2D eigenvalue weighted by Gasteiger charge is -2.17. The van der Waals surface area contributed by atoms with Gasteiger partial charge in [0, 0.05) is 30.2 Å². The van der Waals surface area contributed by atoms with Gasteiger partial charge in [-0.15, -0.1) is 0 Å². The Hall–Kier alpha value is -2.63. The lowest BCUT2D eigenvalue weighted by molar-refractivity contribution is -0.143. The number of carbonyl (C=O) groups excluding carboxylic acids is 3. The number of carbonyl (C=O) groups is 3. The van der Waals surface area contributed by atoms with Crippen LogP contribution in [0.5, 0.6) is 0 Å². The Morgan fingerprint density at radius 3 is 2.38 bits per heavy atom. The number of esters is 1. The van der Waals surface area contributed by atoms with E-state index in [0.29, 0.717) is 30.6 Å². The average molecular weight is 330 g/mol. The first-order valence-electron chi connectivity index (χ1n) is 8.10. The van der Waals surface area contributed by atoms with Crippen molar-refractivity contribution < 1.29 is 19.1 Å². The van der Waals surface area contributed by atoms with Crippen molar-refractivity contribution in [3.63, 3.8) is 0 Å². The topological polar surface area (TPSA) is 68.6 Å². The van der Waals surface area contributed by atoms with Crippen LogP contribution in [-0.2, 0) is 20.9 Å². The molecule has 0 unspecified atom stereocenters. The smallest absolute Gasteiger partial charge is 0.325 e. The third kappa shape index (κ3) is 3.48. The number of benzene rings is 1.